The molecule has 1 saturated heterocycles. The Hall–Kier alpha value is -2.71. The minimum atomic E-state index is 0. The Bertz CT molecular complexity index is 900. The first-order chi connectivity index (χ1) is 15.6. The first-order valence-corrected chi connectivity index (χ1v) is 10.7. The lowest BCUT2D eigenvalue weighted by molar-refractivity contribution is -0.114. The molecule has 8 heteroatoms. The van der Waals surface area contributed by atoms with Crippen LogP contribution in [0.4, 0.5) is 5.69 Å². The second-order valence-electron chi connectivity index (χ2n) is 7.54. The molecule has 1 fully saturated rings. The summed E-state index contributed by atoms with van der Waals surface area (Å²) in [5.41, 5.74) is 2.02. The van der Waals surface area contributed by atoms with E-state index in [-0.39, 0.29) is 22.8 Å². The number of carbonyl (C=O) groups excluding carboxylic acids is 1. The van der Waals surface area contributed by atoms with Gasteiger partial charge in [0.15, 0.2) is 17.3 Å². The molecule has 2 aromatic carbocycles. The third kappa shape index (κ3) is 7.14. The number of hydrogen-bond donors (Lipinski definition) is 0. The zero-order chi connectivity index (χ0) is 22.9. The summed E-state index contributed by atoms with van der Waals surface area (Å²) in [6.45, 7) is 4.53. The summed E-state index contributed by atoms with van der Waals surface area (Å²) in [6, 6.07) is 11.8. The molecule has 1 aliphatic heterocycles. The van der Waals surface area contributed by atoms with E-state index in [2.05, 4.69) is 21.9 Å². The summed E-state index contributed by atoms with van der Waals surface area (Å²) in [6.07, 6.45) is 3.90. The fraction of sp³-hybridized carbons (Fsp3) is 0.400. The highest BCUT2D eigenvalue weighted by Gasteiger charge is 2.17. The van der Waals surface area contributed by atoms with E-state index in [4.69, 9.17) is 18.9 Å². The predicted octanol–water partition coefficient (Wildman–Crippen LogP) is 4.09. The minimum absolute atomic E-state index is 0. The van der Waals surface area contributed by atoms with Crippen molar-refractivity contribution in [3.05, 3.63) is 48.0 Å². The van der Waals surface area contributed by atoms with Gasteiger partial charge in [0.05, 0.1) is 28.4 Å². The van der Waals surface area contributed by atoms with Crippen LogP contribution in [0.5, 0.6) is 23.0 Å². The van der Waals surface area contributed by atoms with Crippen molar-refractivity contribution in [1.82, 2.24) is 4.90 Å². The molecule has 3 rings (SSSR count). The summed E-state index contributed by atoms with van der Waals surface area (Å²) in [5.74, 6) is 2.62. The minimum Gasteiger partial charge on any atom is -0.497 e. The number of halogens is 1. The van der Waals surface area contributed by atoms with Crippen LogP contribution < -0.4 is 23.8 Å². The predicted molar refractivity (Wildman–Crippen MR) is 137 cm³/mol. The number of allylic oxidation sites excluding steroid dienone is 1. The SMILES string of the molecule is Br.COc1ccc(N2CCN(CCC(=O)C=Cc3cc(OC)c(OC)c(OC)c3)CC2)cc1. The summed E-state index contributed by atoms with van der Waals surface area (Å²) in [4.78, 5) is 17.1. The second kappa shape index (κ2) is 13.1. The van der Waals surface area contributed by atoms with Crippen LogP contribution in [0, 0.1) is 0 Å². The largest absolute Gasteiger partial charge is 0.497 e. The number of nitrogens with zero attached hydrogens (tertiary/aromatic N) is 2. The highest BCUT2D eigenvalue weighted by Crippen LogP contribution is 2.38. The van der Waals surface area contributed by atoms with Crippen molar-refractivity contribution in [2.75, 3.05) is 66.1 Å². The molecular weight excluding hydrogens is 488 g/mol. The lowest BCUT2D eigenvalue weighted by atomic mass is 10.1. The fourth-order valence-electron chi connectivity index (χ4n) is 3.76. The van der Waals surface area contributed by atoms with Gasteiger partial charge in [-0.3, -0.25) is 9.69 Å². The standard InChI is InChI=1S/C25H32N2O5.BrH/c1-29-22-9-6-20(7-10-22)27-15-13-26(14-16-27)12-11-21(28)8-5-19-17-23(30-2)25(32-4)24(18-19)31-3;/h5-10,17-18H,11-16H2,1-4H3;1H. The third-order valence-corrected chi connectivity index (χ3v) is 5.63. The Labute approximate surface area is 206 Å². The second-order valence-corrected chi connectivity index (χ2v) is 7.54. The number of rotatable bonds is 10. The number of piperazine rings is 1. The fourth-order valence-corrected chi connectivity index (χ4v) is 3.76. The van der Waals surface area contributed by atoms with Crippen molar-refractivity contribution >= 4 is 34.5 Å². The Balaban J connectivity index is 0.00000385. The van der Waals surface area contributed by atoms with E-state index >= 15 is 0 Å². The molecule has 180 valence electrons. The van der Waals surface area contributed by atoms with Gasteiger partial charge in [0.1, 0.15) is 5.75 Å². The van der Waals surface area contributed by atoms with Gasteiger partial charge in [-0.15, -0.1) is 17.0 Å². The zero-order valence-corrected chi connectivity index (χ0v) is 21.4. The van der Waals surface area contributed by atoms with Crippen molar-refractivity contribution in [2.45, 2.75) is 6.42 Å². The number of methoxy groups -OCH3 is 4. The number of ether oxygens (including phenoxy) is 4. The topological polar surface area (TPSA) is 60.5 Å². The van der Waals surface area contributed by atoms with Crippen LogP contribution in [0.15, 0.2) is 42.5 Å². The number of anilines is 1. The van der Waals surface area contributed by atoms with Crippen molar-refractivity contribution < 1.29 is 23.7 Å². The quantitative estimate of drug-likeness (QED) is 0.437. The molecule has 7 nitrogen and oxygen atoms in total. The summed E-state index contributed by atoms with van der Waals surface area (Å²) in [5, 5.41) is 0. The van der Waals surface area contributed by atoms with Gasteiger partial charge in [0.25, 0.3) is 0 Å². The van der Waals surface area contributed by atoms with Crippen LogP contribution in [-0.4, -0.2) is 71.8 Å². The van der Waals surface area contributed by atoms with Gasteiger partial charge in [-0.25, -0.2) is 0 Å². The Kier molecular flexibility index (Phi) is 10.5. The van der Waals surface area contributed by atoms with Gasteiger partial charge in [-0.2, -0.15) is 0 Å². The molecule has 2 aromatic rings. The van der Waals surface area contributed by atoms with Crippen molar-refractivity contribution in [1.29, 1.82) is 0 Å². The average molecular weight is 521 g/mol. The molecule has 33 heavy (non-hydrogen) atoms. The summed E-state index contributed by atoms with van der Waals surface area (Å²) in [7, 11) is 6.39. The zero-order valence-electron chi connectivity index (χ0n) is 19.7. The lowest BCUT2D eigenvalue weighted by Crippen LogP contribution is -2.46. The molecule has 0 spiro atoms. The molecule has 0 N–H and O–H groups in total. The van der Waals surface area contributed by atoms with E-state index in [1.165, 1.54) is 5.69 Å². The molecular formula is C25H33BrN2O5. The van der Waals surface area contributed by atoms with Crippen LogP contribution in [0.25, 0.3) is 6.08 Å². The van der Waals surface area contributed by atoms with Crippen LogP contribution >= 0.6 is 17.0 Å². The van der Waals surface area contributed by atoms with Crippen LogP contribution in [-0.2, 0) is 4.79 Å². The molecule has 0 unspecified atom stereocenters. The highest BCUT2D eigenvalue weighted by molar-refractivity contribution is 8.93. The van der Waals surface area contributed by atoms with Crippen LogP contribution in [0.3, 0.4) is 0 Å². The van der Waals surface area contributed by atoms with E-state index in [0.29, 0.717) is 23.7 Å². The van der Waals surface area contributed by atoms with E-state index < -0.39 is 0 Å². The third-order valence-electron chi connectivity index (χ3n) is 5.63. The molecule has 0 atom stereocenters. The van der Waals surface area contributed by atoms with Crippen molar-refractivity contribution in [3.8, 4) is 23.0 Å². The van der Waals surface area contributed by atoms with Crippen LogP contribution in [0.2, 0.25) is 0 Å². The van der Waals surface area contributed by atoms with Gasteiger partial charge in [-0.05, 0) is 48.0 Å². The van der Waals surface area contributed by atoms with Gasteiger partial charge in [0.2, 0.25) is 5.75 Å². The Morgan fingerprint density at radius 3 is 2.00 bits per heavy atom. The molecule has 0 aromatic heterocycles. The lowest BCUT2D eigenvalue weighted by Gasteiger charge is -2.36. The summed E-state index contributed by atoms with van der Waals surface area (Å²) < 4.78 is 21.3. The maximum absolute atomic E-state index is 12.4. The molecule has 0 radical (unpaired) electrons. The van der Waals surface area contributed by atoms with Crippen molar-refractivity contribution in [2.24, 2.45) is 0 Å². The smallest absolute Gasteiger partial charge is 0.203 e. The number of benzene rings is 2. The van der Waals surface area contributed by atoms with E-state index in [9.17, 15) is 4.79 Å². The molecule has 1 aliphatic rings. The maximum atomic E-state index is 12.4. The highest BCUT2D eigenvalue weighted by atomic mass is 79.9. The first-order valence-electron chi connectivity index (χ1n) is 10.7. The van der Waals surface area contributed by atoms with E-state index in [1.54, 1.807) is 40.6 Å². The number of ketones is 1. The Morgan fingerprint density at radius 2 is 1.48 bits per heavy atom. The van der Waals surface area contributed by atoms with Crippen LogP contribution in [0.1, 0.15) is 12.0 Å². The van der Waals surface area contributed by atoms with Gasteiger partial charge >= 0.3 is 0 Å². The molecule has 0 aliphatic carbocycles. The van der Waals surface area contributed by atoms with Crippen molar-refractivity contribution in [3.63, 3.8) is 0 Å². The van der Waals surface area contributed by atoms with Gasteiger partial charge in [0, 0.05) is 44.8 Å². The van der Waals surface area contributed by atoms with Gasteiger partial charge in [-0.1, -0.05) is 6.08 Å². The maximum Gasteiger partial charge on any atom is 0.203 e. The molecule has 1 heterocycles. The monoisotopic (exact) mass is 520 g/mol. The molecule has 0 saturated carbocycles. The van der Waals surface area contributed by atoms with E-state index in [1.807, 2.05) is 24.3 Å². The molecule has 0 bridgehead atoms. The first kappa shape index (κ1) is 26.5. The average Bonchev–Trinajstić information content (AvgIpc) is 2.85. The summed E-state index contributed by atoms with van der Waals surface area (Å²) >= 11 is 0. The normalized spacial score (nSPS) is 14.0. The molecule has 0 amide bonds. The Morgan fingerprint density at radius 1 is 0.879 bits per heavy atom. The number of carbonyl (C=O) groups is 1. The number of hydrogen-bond acceptors (Lipinski definition) is 7. The van der Waals surface area contributed by atoms with Gasteiger partial charge < -0.3 is 23.8 Å². The van der Waals surface area contributed by atoms with E-state index in [0.717, 1.165) is 44.0 Å².